The standard InChI is InChI=1S/C29H37NO9/c1-9-19-21-22(24(35-6)16(4)26-28(21)39-13-38-26)20(32)11-30(19)29(33)14(2)10-17-18(12-31)27(37-8)25(36-7)15(3)23(17)34-5/h14,19,31H,9-13H2,1-8H3/t14-,19-/m0/s1. The number of ketones is 1. The van der Waals surface area contributed by atoms with Crippen LogP contribution in [-0.2, 0) is 17.8 Å². The zero-order valence-electron chi connectivity index (χ0n) is 23.9. The number of methoxy groups -OCH3 is 4. The number of benzene rings is 2. The molecule has 2 atom stereocenters. The summed E-state index contributed by atoms with van der Waals surface area (Å²) in [6, 6.07) is -0.413. The molecule has 2 aromatic carbocycles. The molecule has 1 amide bonds. The minimum atomic E-state index is -0.553. The lowest BCUT2D eigenvalue weighted by Gasteiger charge is -2.38. The fraction of sp³-hybridized carbons (Fsp3) is 0.517. The molecule has 10 heteroatoms. The van der Waals surface area contributed by atoms with Crippen LogP contribution in [0.2, 0.25) is 0 Å². The van der Waals surface area contributed by atoms with Crippen LogP contribution in [0.3, 0.4) is 0 Å². The molecule has 0 saturated carbocycles. The van der Waals surface area contributed by atoms with Gasteiger partial charge < -0.3 is 38.4 Å². The third-order valence-electron chi connectivity index (χ3n) is 7.71. The molecular formula is C29H37NO9. The van der Waals surface area contributed by atoms with Gasteiger partial charge in [-0.05, 0) is 26.7 Å². The van der Waals surface area contributed by atoms with Gasteiger partial charge in [0.15, 0.2) is 28.8 Å². The molecule has 4 rings (SSSR count). The Labute approximate surface area is 228 Å². The van der Waals surface area contributed by atoms with Crippen LogP contribution in [0.1, 0.15) is 64.5 Å². The normalized spacial score (nSPS) is 16.6. The monoisotopic (exact) mass is 543 g/mol. The van der Waals surface area contributed by atoms with Crippen molar-refractivity contribution in [2.75, 3.05) is 41.8 Å². The molecule has 0 aromatic heterocycles. The number of aliphatic hydroxyl groups excluding tert-OH is 1. The average Bonchev–Trinajstić information content (AvgIpc) is 3.43. The number of aliphatic hydroxyl groups is 1. The highest BCUT2D eigenvalue weighted by Crippen LogP contribution is 2.52. The summed E-state index contributed by atoms with van der Waals surface area (Å²) in [5.41, 5.74) is 3.62. The number of amides is 1. The van der Waals surface area contributed by atoms with Crippen molar-refractivity contribution < 1.29 is 43.1 Å². The molecule has 39 heavy (non-hydrogen) atoms. The van der Waals surface area contributed by atoms with Crippen LogP contribution in [0.5, 0.6) is 34.5 Å². The molecular weight excluding hydrogens is 506 g/mol. The van der Waals surface area contributed by atoms with E-state index >= 15 is 0 Å². The van der Waals surface area contributed by atoms with Crippen LogP contribution in [0, 0.1) is 19.8 Å². The quantitative estimate of drug-likeness (QED) is 0.503. The van der Waals surface area contributed by atoms with E-state index in [1.165, 1.54) is 28.4 Å². The Bertz CT molecular complexity index is 1300. The molecule has 1 N–H and O–H groups in total. The van der Waals surface area contributed by atoms with E-state index in [-0.39, 0.29) is 38.1 Å². The van der Waals surface area contributed by atoms with E-state index in [4.69, 9.17) is 28.4 Å². The van der Waals surface area contributed by atoms with Gasteiger partial charge in [0.1, 0.15) is 11.5 Å². The second kappa shape index (κ2) is 11.2. The Hall–Kier alpha value is -3.66. The minimum absolute atomic E-state index is 0.0349. The molecule has 2 aliphatic heterocycles. The van der Waals surface area contributed by atoms with Crippen molar-refractivity contribution in [1.82, 2.24) is 4.90 Å². The molecule has 2 heterocycles. The largest absolute Gasteiger partial charge is 0.496 e. The van der Waals surface area contributed by atoms with Crippen molar-refractivity contribution in [1.29, 1.82) is 0 Å². The van der Waals surface area contributed by atoms with Gasteiger partial charge in [-0.2, -0.15) is 0 Å². The lowest BCUT2D eigenvalue weighted by Crippen LogP contribution is -2.45. The van der Waals surface area contributed by atoms with E-state index < -0.39 is 12.0 Å². The molecule has 0 aliphatic carbocycles. The number of ether oxygens (including phenoxy) is 6. The van der Waals surface area contributed by atoms with E-state index in [0.29, 0.717) is 74.3 Å². The number of nitrogens with zero attached hydrogens (tertiary/aromatic N) is 1. The summed E-state index contributed by atoms with van der Waals surface area (Å²) >= 11 is 0. The summed E-state index contributed by atoms with van der Waals surface area (Å²) in [6.07, 6.45) is 0.809. The second-order valence-electron chi connectivity index (χ2n) is 9.77. The van der Waals surface area contributed by atoms with Gasteiger partial charge >= 0.3 is 0 Å². The van der Waals surface area contributed by atoms with Gasteiger partial charge in [0.2, 0.25) is 12.7 Å². The number of Topliss-reactive ketones (excluding diaryl/α,β-unsaturated/α-hetero) is 1. The summed E-state index contributed by atoms with van der Waals surface area (Å²) in [5, 5.41) is 10.3. The highest BCUT2D eigenvalue weighted by Gasteiger charge is 2.43. The molecule has 0 fully saturated rings. The van der Waals surface area contributed by atoms with Crippen molar-refractivity contribution in [3.05, 3.63) is 33.4 Å². The summed E-state index contributed by atoms with van der Waals surface area (Å²) < 4.78 is 34.0. The first-order valence-corrected chi connectivity index (χ1v) is 12.9. The SMILES string of the molecule is CC[C@H]1c2c3c(c(C)c(OC)c2C(=O)CN1C(=O)[C@@H](C)Cc1c(CO)c(OC)c(OC)c(C)c1OC)OCO3. The highest BCUT2D eigenvalue weighted by atomic mass is 16.7. The van der Waals surface area contributed by atoms with E-state index in [2.05, 4.69) is 0 Å². The fourth-order valence-electron chi connectivity index (χ4n) is 6.00. The van der Waals surface area contributed by atoms with Crippen molar-refractivity contribution in [2.45, 2.75) is 53.2 Å². The van der Waals surface area contributed by atoms with Gasteiger partial charge in [-0.1, -0.05) is 13.8 Å². The van der Waals surface area contributed by atoms with Gasteiger partial charge in [-0.15, -0.1) is 0 Å². The van der Waals surface area contributed by atoms with Gasteiger partial charge in [0, 0.05) is 33.7 Å². The van der Waals surface area contributed by atoms with Crippen molar-refractivity contribution in [3.8, 4) is 34.5 Å². The maximum Gasteiger partial charge on any atom is 0.231 e. The van der Waals surface area contributed by atoms with Gasteiger partial charge in [0.25, 0.3) is 0 Å². The Morgan fingerprint density at radius 3 is 2.13 bits per heavy atom. The van der Waals surface area contributed by atoms with Crippen molar-refractivity contribution in [3.63, 3.8) is 0 Å². The Kier molecular flexibility index (Phi) is 8.15. The highest BCUT2D eigenvalue weighted by molar-refractivity contribution is 6.06. The minimum Gasteiger partial charge on any atom is -0.496 e. The molecule has 212 valence electrons. The number of rotatable bonds is 9. The maximum absolute atomic E-state index is 14.0. The van der Waals surface area contributed by atoms with Gasteiger partial charge in [-0.25, -0.2) is 0 Å². The average molecular weight is 544 g/mol. The van der Waals surface area contributed by atoms with Crippen LogP contribution < -0.4 is 28.4 Å². The Balaban J connectivity index is 1.76. The first-order valence-electron chi connectivity index (χ1n) is 12.9. The number of fused-ring (bicyclic) bond motifs is 3. The number of carbonyl (C=O) groups is 2. The van der Waals surface area contributed by atoms with E-state index in [1.807, 2.05) is 20.8 Å². The summed E-state index contributed by atoms with van der Waals surface area (Å²) in [4.78, 5) is 29.2. The lowest BCUT2D eigenvalue weighted by atomic mass is 9.85. The maximum atomic E-state index is 14.0. The van der Waals surface area contributed by atoms with Gasteiger partial charge in [0.05, 0.1) is 53.2 Å². The predicted octanol–water partition coefficient (Wildman–Crippen LogP) is 3.91. The smallest absolute Gasteiger partial charge is 0.231 e. The molecule has 2 aromatic rings. The molecule has 0 spiro atoms. The van der Waals surface area contributed by atoms with Crippen LogP contribution in [0.4, 0.5) is 0 Å². The third-order valence-corrected chi connectivity index (χ3v) is 7.71. The first kappa shape index (κ1) is 28.4. The number of hydrogen-bond acceptors (Lipinski definition) is 9. The first-order chi connectivity index (χ1) is 18.7. The van der Waals surface area contributed by atoms with Gasteiger partial charge in [-0.3, -0.25) is 9.59 Å². The van der Waals surface area contributed by atoms with Crippen molar-refractivity contribution >= 4 is 11.7 Å². The molecule has 0 bridgehead atoms. The topological polar surface area (TPSA) is 113 Å². The Morgan fingerprint density at radius 1 is 0.949 bits per heavy atom. The van der Waals surface area contributed by atoms with Crippen LogP contribution in [-0.4, -0.2) is 63.5 Å². The summed E-state index contributed by atoms with van der Waals surface area (Å²) in [6.45, 7) is 7.06. The number of carbonyl (C=O) groups excluding carboxylic acids is 2. The third kappa shape index (κ3) is 4.40. The molecule has 0 saturated heterocycles. The zero-order chi connectivity index (χ0) is 28.6. The van der Waals surface area contributed by atoms with E-state index in [9.17, 15) is 14.7 Å². The van der Waals surface area contributed by atoms with Crippen LogP contribution in [0.25, 0.3) is 0 Å². The van der Waals surface area contributed by atoms with Crippen LogP contribution >= 0.6 is 0 Å². The van der Waals surface area contributed by atoms with Crippen LogP contribution in [0.15, 0.2) is 0 Å². The predicted molar refractivity (Wildman–Crippen MR) is 143 cm³/mol. The lowest BCUT2D eigenvalue weighted by molar-refractivity contribution is -0.137. The summed E-state index contributed by atoms with van der Waals surface area (Å²) in [7, 11) is 6.09. The number of hydrogen-bond donors (Lipinski definition) is 1. The molecule has 0 radical (unpaired) electrons. The molecule has 10 nitrogen and oxygen atoms in total. The molecule has 2 aliphatic rings. The Morgan fingerprint density at radius 2 is 1.56 bits per heavy atom. The second-order valence-corrected chi connectivity index (χ2v) is 9.77. The van der Waals surface area contributed by atoms with E-state index in [0.717, 1.165) is 0 Å². The zero-order valence-corrected chi connectivity index (χ0v) is 23.9. The van der Waals surface area contributed by atoms with Crippen molar-refractivity contribution in [2.24, 2.45) is 5.92 Å². The fourth-order valence-corrected chi connectivity index (χ4v) is 6.00. The molecule has 0 unspecified atom stereocenters. The van der Waals surface area contributed by atoms with E-state index in [1.54, 1.807) is 11.8 Å². The summed E-state index contributed by atoms with van der Waals surface area (Å²) in [5.74, 6) is 1.90.